The fraction of sp³-hybridized carbons (Fsp3) is 0. The molecule has 10 heteroatoms. The summed E-state index contributed by atoms with van der Waals surface area (Å²) in [7, 11) is 0. The molecule has 10 nitrogen and oxygen atoms in total. The second-order valence-corrected chi connectivity index (χ2v) is 4.55. The SMILES string of the molecule is O=[N+]([O-])c1cc(-c2nnc(/C=C/c3ccco3)o2)cc([N+](=O)[O-])c1. The molecule has 24 heavy (non-hydrogen) atoms. The van der Waals surface area contributed by atoms with E-state index in [4.69, 9.17) is 8.83 Å². The molecule has 2 aromatic heterocycles. The molecule has 3 rings (SSSR count). The van der Waals surface area contributed by atoms with Crippen molar-refractivity contribution in [2.45, 2.75) is 0 Å². The first-order valence-electron chi connectivity index (χ1n) is 6.52. The van der Waals surface area contributed by atoms with Crippen LogP contribution in [-0.2, 0) is 0 Å². The van der Waals surface area contributed by atoms with Crippen molar-refractivity contribution in [1.82, 2.24) is 10.2 Å². The van der Waals surface area contributed by atoms with Gasteiger partial charge in [-0.25, -0.2) is 0 Å². The minimum Gasteiger partial charge on any atom is -0.465 e. The van der Waals surface area contributed by atoms with Gasteiger partial charge in [-0.3, -0.25) is 20.2 Å². The number of nitro groups is 2. The van der Waals surface area contributed by atoms with Crippen LogP contribution < -0.4 is 0 Å². The van der Waals surface area contributed by atoms with Crippen molar-refractivity contribution in [3.63, 3.8) is 0 Å². The summed E-state index contributed by atoms with van der Waals surface area (Å²) in [6.07, 6.45) is 4.58. The van der Waals surface area contributed by atoms with Gasteiger partial charge in [0.1, 0.15) is 5.76 Å². The van der Waals surface area contributed by atoms with E-state index in [0.717, 1.165) is 18.2 Å². The average molecular weight is 328 g/mol. The fourth-order valence-electron chi connectivity index (χ4n) is 1.89. The molecule has 0 unspecified atom stereocenters. The first kappa shape index (κ1) is 15.1. The van der Waals surface area contributed by atoms with Crippen molar-refractivity contribution < 1.29 is 18.7 Å². The number of furan rings is 1. The Morgan fingerprint density at radius 3 is 2.29 bits per heavy atom. The van der Waals surface area contributed by atoms with Gasteiger partial charge >= 0.3 is 0 Å². The zero-order valence-electron chi connectivity index (χ0n) is 11.9. The molecule has 0 saturated heterocycles. The third-order valence-electron chi connectivity index (χ3n) is 2.95. The molecule has 2 heterocycles. The van der Waals surface area contributed by atoms with Gasteiger partial charge in [0.25, 0.3) is 11.4 Å². The standard InChI is InChI=1S/C14H8N4O6/c19-17(20)10-6-9(7-11(8-10)18(21)22)14-16-15-13(24-14)4-3-12-2-1-5-23-12/h1-8H/b4-3+. The van der Waals surface area contributed by atoms with Crippen LogP contribution in [0.15, 0.2) is 45.4 Å². The van der Waals surface area contributed by atoms with Gasteiger partial charge in [0.05, 0.1) is 27.7 Å². The minimum atomic E-state index is -0.732. The Morgan fingerprint density at radius 1 is 1.00 bits per heavy atom. The van der Waals surface area contributed by atoms with E-state index < -0.39 is 21.2 Å². The summed E-state index contributed by atoms with van der Waals surface area (Å²) in [5, 5.41) is 29.3. The molecular formula is C14H8N4O6. The average Bonchev–Trinajstić information content (AvgIpc) is 3.24. The van der Waals surface area contributed by atoms with Crippen LogP contribution in [0.3, 0.4) is 0 Å². The Balaban J connectivity index is 1.94. The Morgan fingerprint density at radius 2 is 1.71 bits per heavy atom. The third-order valence-corrected chi connectivity index (χ3v) is 2.95. The van der Waals surface area contributed by atoms with Gasteiger partial charge in [-0.15, -0.1) is 10.2 Å². The molecule has 0 spiro atoms. The molecule has 0 saturated carbocycles. The molecule has 0 bridgehead atoms. The number of aromatic nitrogens is 2. The highest BCUT2D eigenvalue weighted by molar-refractivity contribution is 5.66. The summed E-state index contributed by atoms with van der Waals surface area (Å²) in [5.74, 6) is 0.622. The van der Waals surface area contributed by atoms with Gasteiger partial charge in [0.2, 0.25) is 11.8 Å². The van der Waals surface area contributed by atoms with E-state index in [2.05, 4.69) is 10.2 Å². The number of non-ortho nitro benzene ring substituents is 2. The third kappa shape index (κ3) is 3.16. The van der Waals surface area contributed by atoms with Crippen LogP contribution in [0.25, 0.3) is 23.6 Å². The Labute approximate surface area is 133 Å². The Bertz CT molecular complexity index is 896. The van der Waals surface area contributed by atoms with Gasteiger partial charge in [-0.2, -0.15) is 0 Å². The maximum Gasteiger partial charge on any atom is 0.277 e. The lowest BCUT2D eigenvalue weighted by atomic mass is 10.2. The van der Waals surface area contributed by atoms with Crippen molar-refractivity contribution in [2.24, 2.45) is 0 Å². The predicted octanol–water partition coefficient (Wildman–Crippen LogP) is 3.32. The Kier molecular flexibility index (Phi) is 3.85. The highest BCUT2D eigenvalue weighted by Gasteiger charge is 2.19. The smallest absolute Gasteiger partial charge is 0.277 e. The lowest BCUT2D eigenvalue weighted by molar-refractivity contribution is -0.394. The topological polar surface area (TPSA) is 138 Å². The zero-order valence-corrected chi connectivity index (χ0v) is 11.9. The van der Waals surface area contributed by atoms with E-state index in [0.29, 0.717) is 5.76 Å². The van der Waals surface area contributed by atoms with E-state index in [1.165, 1.54) is 12.3 Å². The van der Waals surface area contributed by atoms with Crippen LogP contribution in [0.4, 0.5) is 11.4 Å². The van der Waals surface area contributed by atoms with Gasteiger partial charge < -0.3 is 8.83 Å². The van der Waals surface area contributed by atoms with E-state index in [1.54, 1.807) is 18.2 Å². The van der Waals surface area contributed by atoms with Crippen LogP contribution in [-0.4, -0.2) is 20.0 Å². The molecule has 0 fully saturated rings. The van der Waals surface area contributed by atoms with Crippen molar-refractivity contribution >= 4 is 23.5 Å². The highest BCUT2D eigenvalue weighted by Crippen LogP contribution is 2.29. The van der Waals surface area contributed by atoms with E-state index >= 15 is 0 Å². The normalized spacial score (nSPS) is 11.0. The number of hydrogen-bond donors (Lipinski definition) is 0. The molecule has 0 atom stereocenters. The molecule has 1 aromatic carbocycles. The summed E-state index contributed by atoms with van der Waals surface area (Å²) in [5.41, 5.74) is -0.795. The summed E-state index contributed by atoms with van der Waals surface area (Å²) < 4.78 is 10.4. The predicted molar refractivity (Wildman–Crippen MR) is 80.7 cm³/mol. The number of nitrogens with zero attached hydrogens (tertiary/aromatic N) is 4. The van der Waals surface area contributed by atoms with Gasteiger partial charge in [-0.1, -0.05) is 0 Å². The van der Waals surface area contributed by atoms with Crippen molar-refractivity contribution in [3.05, 3.63) is 68.5 Å². The van der Waals surface area contributed by atoms with Crippen LogP contribution in [0.1, 0.15) is 11.7 Å². The largest absolute Gasteiger partial charge is 0.465 e. The molecule has 120 valence electrons. The van der Waals surface area contributed by atoms with Crippen molar-refractivity contribution in [1.29, 1.82) is 0 Å². The summed E-state index contributed by atoms with van der Waals surface area (Å²) >= 11 is 0. The molecule has 0 aliphatic rings. The number of nitro benzene ring substituents is 2. The quantitative estimate of drug-likeness (QED) is 0.513. The number of benzene rings is 1. The first-order chi connectivity index (χ1) is 11.5. The van der Waals surface area contributed by atoms with E-state index in [-0.39, 0.29) is 17.3 Å². The van der Waals surface area contributed by atoms with E-state index in [9.17, 15) is 20.2 Å². The lowest BCUT2D eigenvalue weighted by Crippen LogP contribution is -1.94. The zero-order chi connectivity index (χ0) is 17.1. The van der Waals surface area contributed by atoms with Crippen LogP contribution in [0.5, 0.6) is 0 Å². The molecule has 0 aliphatic heterocycles. The second kappa shape index (κ2) is 6.12. The maximum atomic E-state index is 10.9. The molecule has 0 amide bonds. The van der Waals surface area contributed by atoms with Crippen molar-refractivity contribution in [2.75, 3.05) is 0 Å². The minimum absolute atomic E-state index is 0.0686. The first-order valence-corrected chi connectivity index (χ1v) is 6.52. The number of rotatable bonds is 5. The monoisotopic (exact) mass is 328 g/mol. The molecular weight excluding hydrogens is 320 g/mol. The lowest BCUT2D eigenvalue weighted by Gasteiger charge is -1.97. The van der Waals surface area contributed by atoms with Gasteiger partial charge in [0, 0.05) is 18.2 Å². The summed E-state index contributed by atoms with van der Waals surface area (Å²) in [6.45, 7) is 0. The van der Waals surface area contributed by atoms with Crippen LogP contribution >= 0.6 is 0 Å². The maximum absolute atomic E-state index is 10.9. The van der Waals surface area contributed by atoms with Crippen molar-refractivity contribution in [3.8, 4) is 11.5 Å². The summed E-state index contributed by atoms with van der Waals surface area (Å²) in [6, 6.07) is 6.54. The Hall–Kier alpha value is -3.82. The molecule has 3 aromatic rings. The van der Waals surface area contributed by atoms with Crippen LogP contribution in [0, 0.1) is 20.2 Å². The van der Waals surface area contributed by atoms with Crippen LogP contribution in [0.2, 0.25) is 0 Å². The van der Waals surface area contributed by atoms with Gasteiger partial charge in [0.15, 0.2) is 0 Å². The molecule has 0 radical (unpaired) electrons. The number of hydrogen-bond acceptors (Lipinski definition) is 8. The van der Waals surface area contributed by atoms with Gasteiger partial charge in [-0.05, 0) is 18.2 Å². The molecule has 0 N–H and O–H groups in total. The summed E-state index contributed by atoms with van der Waals surface area (Å²) in [4.78, 5) is 20.3. The highest BCUT2D eigenvalue weighted by atomic mass is 16.6. The molecule has 0 aliphatic carbocycles. The van der Waals surface area contributed by atoms with E-state index in [1.807, 2.05) is 0 Å². The fourth-order valence-corrected chi connectivity index (χ4v) is 1.89. The second-order valence-electron chi connectivity index (χ2n) is 4.55.